The van der Waals surface area contributed by atoms with Gasteiger partial charge in [-0.25, -0.2) is 0 Å². The normalized spacial score (nSPS) is 21.1. The van der Waals surface area contributed by atoms with Gasteiger partial charge in [-0.3, -0.25) is 0 Å². The van der Waals surface area contributed by atoms with E-state index in [-0.39, 0.29) is 0 Å². The minimum atomic E-state index is 0.529. The van der Waals surface area contributed by atoms with Gasteiger partial charge in [0.2, 0.25) is 0 Å². The van der Waals surface area contributed by atoms with Crippen LogP contribution >= 0.6 is 11.8 Å². The predicted octanol–water partition coefficient (Wildman–Crippen LogP) is 5.14. The van der Waals surface area contributed by atoms with E-state index in [0.717, 1.165) is 11.8 Å². The average molecular weight is 292 g/mol. The van der Waals surface area contributed by atoms with E-state index in [9.17, 15) is 0 Å². The summed E-state index contributed by atoms with van der Waals surface area (Å²) >= 11 is 2.16. The van der Waals surface area contributed by atoms with Crippen LogP contribution in [0.25, 0.3) is 0 Å². The molecule has 1 fully saturated rings. The van der Waals surface area contributed by atoms with Gasteiger partial charge in [0.15, 0.2) is 0 Å². The van der Waals surface area contributed by atoms with Crippen molar-refractivity contribution in [2.75, 3.05) is 12.3 Å². The minimum Gasteiger partial charge on any atom is -0.309 e. The fourth-order valence-corrected chi connectivity index (χ4v) is 4.33. The predicted molar refractivity (Wildman–Crippen MR) is 91.7 cm³/mol. The van der Waals surface area contributed by atoms with Gasteiger partial charge >= 0.3 is 0 Å². The summed E-state index contributed by atoms with van der Waals surface area (Å²) in [6.07, 6.45) is 5.36. The van der Waals surface area contributed by atoms with Gasteiger partial charge < -0.3 is 5.32 Å². The van der Waals surface area contributed by atoms with Crippen molar-refractivity contribution < 1.29 is 0 Å². The van der Waals surface area contributed by atoms with Crippen molar-refractivity contribution in [2.24, 2.45) is 0 Å². The van der Waals surface area contributed by atoms with Crippen molar-refractivity contribution in [1.29, 1.82) is 0 Å². The molecule has 1 aliphatic heterocycles. The van der Waals surface area contributed by atoms with Crippen LogP contribution in [0.3, 0.4) is 0 Å². The first-order valence-electron chi connectivity index (χ1n) is 8.17. The Hall–Kier alpha value is -0.470. The summed E-state index contributed by atoms with van der Waals surface area (Å²) in [7, 11) is 0. The largest absolute Gasteiger partial charge is 0.309 e. The van der Waals surface area contributed by atoms with Crippen molar-refractivity contribution in [3.05, 3.63) is 35.4 Å². The highest BCUT2D eigenvalue weighted by Gasteiger charge is 2.25. The van der Waals surface area contributed by atoms with E-state index >= 15 is 0 Å². The molecular formula is C18H29NS. The van der Waals surface area contributed by atoms with Crippen LogP contribution in [0.15, 0.2) is 24.3 Å². The summed E-state index contributed by atoms with van der Waals surface area (Å²) < 4.78 is 0. The summed E-state index contributed by atoms with van der Waals surface area (Å²) in [5, 5.41) is 4.53. The molecule has 1 aliphatic rings. The number of benzene rings is 1. The van der Waals surface area contributed by atoms with Gasteiger partial charge in [0.05, 0.1) is 0 Å². The van der Waals surface area contributed by atoms with Gasteiger partial charge in [-0.1, -0.05) is 51.5 Å². The second kappa shape index (κ2) is 8.09. The summed E-state index contributed by atoms with van der Waals surface area (Å²) in [5.41, 5.74) is 2.92. The van der Waals surface area contributed by atoms with E-state index in [4.69, 9.17) is 0 Å². The van der Waals surface area contributed by atoms with Crippen LogP contribution < -0.4 is 5.32 Å². The maximum Gasteiger partial charge on any atom is 0.0440 e. The second-order valence-corrected chi connectivity index (χ2v) is 7.51. The molecule has 1 aromatic rings. The molecule has 20 heavy (non-hydrogen) atoms. The monoisotopic (exact) mass is 291 g/mol. The Morgan fingerprint density at radius 1 is 1.15 bits per heavy atom. The van der Waals surface area contributed by atoms with E-state index in [2.05, 4.69) is 62.1 Å². The first-order chi connectivity index (χ1) is 9.72. The first-order valence-corrected chi connectivity index (χ1v) is 9.22. The standard InChI is InChI=1S/C18H29NS/c1-4-12-19-18(17-7-5-6-13-20-17)16-10-8-15(9-11-16)14(2)3/h8-11,14,17-19H,4-7,12-13H2,1-3H3. The third-order valence-corrected chi connectivity index (χ3v) is 5.62. The van der Waals surface area contributed by atoms with Gasteiger partial charge in [0, 0.05) is 11.3 Å². The van der Waals surface area contributed by atoms with Crippen LogP contribution in [-0.2, 0) is 0 Å². The Morgan fingerprint density at radius 2 is 1.85 bits per heavy atom. The molecule has 0 aromatic heterocycles. The molecule has 2 heteroatoms. The lowest BCUT2D eigenvalue weighted by Gasteiger charge is -2.31. The summed E-state index contributed by atoms with van der Waals surface area (Å²) in [5.74, 6) is 1.95. The fraction of sp³-hybridized carbons (Fsp3) is 0.667. The number of thioether (sulfide) groups is 1. The molecule has 1 saturated heterocycles. The minimum absolute atomic E-state index is 0.529. The summed E-state index contributed by atoms with van der Waals surface area (Å²) in [6.45, 7) is 7.89. The second-order valence-electron chi connectivity index (χ2n) is 6.16. The van der Waals surface area contributed by atoms with E-state index < -0.39 is 0 Å². The highest BCUT2D eigenvalue weighted by molar-refractivity contribution is 8.00. The van der Waals surface area contributed by atoms with Crippen LogP contribution in [0.4, 0.5) is 0 Å². The summed E-state index contributed by atoms with van der Waals surface area (Å²) in [4.78, 5) is 0. The van der Waals surface area contributed by atoms with E-state index in [1.54, 1.807) is 0 Å². The first kappa shape index (κ1) is 15.9. The number of hydrogen-bond donors (Lipinski definition) is 1. The molecule has 1 N–H and O–H groups in total. The highest BCUT2D eigenvalue weighted by atomic mass is 32.2. The zero-order valence-corrected chi connectivity index (χ0v) is 14.0. The zero-order valence-electron chi connectivity index (χ0n) is 13.2. The van der Waals surface area contributed by atoms with E-state index in [1.165, 1.54) is 42.6 Å². The smallest absolute Gasteiger partial charge is 0.0440 e. The number of hydrogen-bond acceptors (Lipinski definition) is 2. The molecule has 0 spiro atoms. The topological polar surface area (TPSA) is 12.0 Å². The Bertz CT molecular complexity index is 379. The van der Waals surface area contributed by atoms with Crippen LogP contribution in [0.1, 0.15) is 69.5 Å². The molecule has 1 heterocycles. The molecule has 1 aromatic carbocycles. The van der Waals surface area contributed by atoms with Crippen LogP contribution in [0, 0.1) is 0 Å². The van der Waals surface area contributed by atoms with E-state index in [1.807, 2.05) is 0 Å². The third-order valence-electron chi connectivity index (χ3n) is 4.16. The van der Waals surface area contributed by atoms with Gasteiger partial charge in [-0.15, -0.1) is 0 Å². The number of nitrogens with one attached hydrogen (secondary N) is 1. The third kappa shape index (κ3) is 4.26. The molecule has 0 amide bonds. The van der Waals surface area contributed by atoms with Gasteiger partial charge in [0.25, 0.3) is 0 Å². The Morgan fingerprint density at radius 3 is 2.40 bits per heavy atom. The molecular weight excluding hydrogens is 262 g/mol. The van der Waals surface area contributed by atoms with Crippen molar-refractivity contribution in [3.63, 3.8) is 0 Å². The molecule has 2 unspecified atom stereocenters. The fourth-order valence-electron chi connectivity index (χ4n) is 2.88. The highest BCUT2D eigenvalue weighted by Crippen LogP contribution is 2.35. The quantitative estimate of drug-likeness (QED) is 0.779. The Balaban J connectivity index is 2.11. The Labute approximate surface area is 128 Å². The van der Waals surface area contributed by atoms with Crippen molar-refractivity contribution in [3.8, 4) is 0 Å². The molecule has 2 atom stereocenters. The summed E-state index contributed by atoms with van der Waals surface area (Å²) in [6, 6.07) is 9.85. The maximum absolute atomic E-state index is 3.78. The molecule has 2 rings (SSSR count). The molecule has 112 valence electrons. The van der Waals surface area contributed by atoms with Crippen LogP contribution in [-0.4, -0.2) is 17.5 Å². The van der Waals surface area contributed by atoms with E-state index in [0.29, 0.717) is 12.0 Å². The average Bonchev–Trinajstić information content (AvgIpc) is 2.49. The van der Waals surface area contributed by atoms with Gasteiger partial charge in [0.1, 0.15) is 0 Å². The lowest BCUT2D eigenvalue weighted by atomic mass is 9.95. The molecule has 0 radical (unpaired) electrons. The van der Waals surface area contributed by atoms with Crippen molar-refractivity contribution >= 4 is 11.8 Å². The van der Waals surface area contributed by atoms with Gasteiger partial charge in [-0.05, 0) is 48.6 Å². The number of rotatable bonds is 6. The zero-order chi connectivity index (χ0) is 14.4. The maximum atomic E-state index is 3.78. The Kier molecular flexibility index (Phi) is 6.44. The molecule has 0 aliphatic carbocycles. The van der Waals surface area contributed by atoms with Crippen molar-refractivity contribution in [2.45, 2.75) is 63.7 Å². The SMILES string of the molecule is CCCNC(c1ccc(C(C)C)cc1)C1CCCCS1. The molecule has 0 bridgehead atoms. The lowest BCUT2D eigenvalue weighted by Crippen LogP contribution is -2.32. The van der Waals surface area contributed by atoms with Crippen LogP contribution in [0.5, 0.6) is 0 Å². The van der Waals surface area contributed by atoms with Gasteiger partial charge in [-0.2, -0.15) is 11.8 Å². The molecule has 0 saturated carbocycles. The lowest BCUT2D eigenvalue weighted by molar-refractivity contribution is 0.479. The van der Waals surface area contributed by atoms with Crippen molar-refractivity contribution in [1.82, 2.24) is 5.32 Å². The van der Waals surface area contributed by atoms with Crippen LogP contribution in [0.2, 0.25) is 0 Å². The molecule has 1 nitrogen and oxygen atoms in total.